The predicted molar refractivity (Wildman–Crippen MR) is 102 cm³/mol. The van der Waals surface area contributed by atoms with Gasteiger partial charge >= 0.3 is 0 Å². The van der Waals surface area contributed by atoms with Crippen LogP contribution in [0.2, 0.25) is 5.02 Å². The van der Waals surface area contributed by atoms with Crippen molar-refractivity contribution in [1.82, 2.24) is 5.32 Å². The van der Waals surface area contributed by atoms with Crippen LogP contribution in [0, 0.1) is 0 Å². The van der Waals surface area contributed by atoms with Crippen molar-refractivity contribution in [2.75, 3.05) is 11.0 Å². The van der Waals surface area contributed by atoms with Crippen molar-refractivity contribution < 1.29 is 13.2 Å². The summed E-state index contributed by atoms with van der Waals surface area (Å²) in [6.45, 7) is 3.84. The Hall–Kier alpha value is -2.05. The van der Waals surface area contributed by atoms with Crippen LogP contribution in [0.25, 0.3) is 0 Å². The normalized spacial score (nSPS) is 11.8. The quantitative estimate of drug-likeness (QED) is 0.805. The third kappa shape index (κ3) is 6.07. The first-order valence-electron chi connectivity index (χ1n) is 7.69. The molecule has 0 saturated carbocycles. The van der Waals surface area contributed by atoms with Gasteiger partial charge in [0.25, 0.3) is 5.91 Å². The van der Waals surface area contributed by atoms with Gasteiger partial charge in [0.05, 0.1) is 16.8 Å². The van der Waals surface area contributed by atoms with Crippen molar-refractivity contribution in [3.05, 3.63) is 64.7 Å². The number of carbonyl (C=O) groups excluding carboxylic acids is 1. The number of benzene rings is 2. The van der Waals surface area contributed by atoms with Crippen molar-refractivity contribution >= 4 is 33.2 Å². The number of nitrogens with one attached hydrogen (secondary N) is 2. The van der Waals surface area contributed by atoms with Gasteiger partial charge in [0, 0.05) is 11.2 Å². The molecule has 0 aliphatic rings. The molecule has 25 heavy (non-hydrogen) atoms. The summed E-state index contributed by atoms with van der Waals surface area (Å²) >= 11 is 6.11. The lowest BCUT2D eigenvalue weighted by molar-refractivity contribution is 0.0913. The molecule has 0 aromatic heterocycles. The topological polar surface area (TPSA) is 75.3 Å². The van der Waals surface area contributed by atoms with Crippen LogP contribution in [0.5, 0.6) is 0 Å². The lowest BCUT2D eigenvalue weighted by Crippen LogP contribution is -2.45. The van der Waals surface area contributed by atoms with Crippen LogP contribution in [-0.4, -0.2) is 26.1 Å². The second kappa shape index (κ2) is 7.45. The third-order valence-electron chi connectivity index (χ3n) is 3.46. The summed E-state index contributed by atoms with van der Waals surface area (Å²) in [5.41, 5.74) is 1.11. The summed E-state index contributed by atoms with van der Waals surface area (Å²) in [5.74, 6) is -0.358. The summed E-state index contributed by atoms with van der Waals surface area (Å²) in [6, 6.07) is 14.3. The minimum Gasteiger partial charge on any atom is -0.347 e. The first-order valence-corrected chi connectivity index (χ1v) is 9.96. The highest BCUT2D eigenvalue weighted by atomic mass is 35.5. The second-order valence-corrected chi connectivity index (χ2v) is 8.72. The van der Waals surface area contributed by atoms with Crippen LogP contribution in [-0.2, 0) is 16.4 Å². The zero-order chi connectivity index (χ0) is 18.7. The number of amides is 1. The highest BCUT2D eigenvalue weighted by Gasteiger charge is 2.23. The van der Waals surface area contributed by atoms with E-state index in [0.717, 1.165) is 11.8 Å². The van der Waals surface area contributed by atoms with E-state index in [9.17, 15) is 13.2 Å². The maximum absolute atomic E-state index is 12.6. The Morgan fingerprint density at radius 2 is 1.76 bits per heavy atom. The molecule has 2 aromatic rings. The lowest BCUT2D eigenvalue weighted by Gasteiger charge is -2.27. The monoisotopic (exact) mass is 380 g/mol. The van der Waals surface area contributed by atoms with Gasteiger partial charge in [-0.25, -0.2) is 8.42 Å². The molecule has 2 rings (SSSR count). The molecule has 7 heteroatoms. The van der Waals surface area contributed by atoms with Crippen LogP contribution in [0.15, 0.2) is 48.5 Å². The van der Waals surface area contributed by atoms with Gasteiger partial charge in [-0.3, -0.25) is 9.52 Å². The van der Waals surface area contributed by atoms with Crippen LogP contribution < -0.4 is 10.0 Å². The molecule has 0 saturated heterocycles. The molecule has 5 nitrogen and oxygen atoms in total. The summed E-state index contributed by atoms with van der Waals surface area (Å²) in [6.07, 6.45) is 1.70. The molecule has 134 valence electrons. The molecule has 0 unspecified atom stereocenters. The molecule has 2 N–H and O–H groups in total. The van der Waals surface area contributed by atoms with Gasteiger partial charge in [-0.15, -0.1) is 0 Å². The minimum atomic E-state index is -3.43. The molecular weight excluding hydrogens is 360 g/mol. The Bertz CT molecular complexity index is 865. The Morgan fingerprint density at radius 1 is 1.12 bits per heavy atom. The molecule has 0 bridgehead atoms. The molecule has 0 fully saturated rings. The summed E-state index contributed by atoms with van der Waals surface area (Å²) in [5, 5.41) is 3.21. The van der Waals surface area contributed by atoms with Gasteiger partial charge < -0.3 is 5.32 Å². The molecule has 2 aromatic carbocycles. The van der Waals surface area contributed by atoms with E-state index in [4.69, 9.17) is 11.6 Å². The zero-order valence-electron chi connectivity index (χ0n) is 14.3. The van der Waals surface area contributed by atoms with E-state index in [-0.39, 0.29) is 22.2 Å². The van der Waals surface area contributed by atoms with Gasteiger partial charge in [0.1, 0.15) is 0 Å². The number of hydrogen-bond donors (Lipinski definition) is 2. The van der Waals surface area contributed by atoms with E-state index >= 15 is 0 Å². The SMILES string of the molecule is CC(C)(Cc1ccccc1)NC(=O)c1cc(NS(C)(=O)=O)ccc1Cl. The van der Waals surface area contributed by atoms with Crippen molar-refractivity contribution in [3.63, 3.8) is 0 Å². The van der Waals surface area contributed by atoms with Crippen molar-refractivity contribution in [2.45, 2.75) is 25.8 Å². The Morgan fingerprint density at radius 3 is 2.36 bits per heavy atom. The standard InChI is InChI=1S/C18H21ClN2O3S/c1-18(2,12-13-7-5-4-6-8-13)20-17(22)15-11-14(9-10-16(15)19)21-25(3,23)24/h4-11,21H,12H2,1-3H3,(H,20,22). The second-order valence-electron chi connectivity index (χ2n) is 6.57. The van der Waals surface area contributed by atoms with Gasteiger partial charge in [-0.1, -0.05) is 41.9 Å². The average molecular weight is 381 g/mol. The number of anilines is 1. The smallest absolute Gasteiger partial charge is 0.253 e. The van der Waals surface area contributed by atoms with E-state index in [1.165, 1.54) is 18.2 Å². The summed E-state index contributed by atoms with van der Waals surface area (Å²) in [4.78, 5) is 12.6. The maximum atomic E-state index is 12.6. The largest absolute Gasteiger partial charge is 0.347 e. The van der Waals surface area contributed by atoms with E-state index in [0.29, 0.717) is 6.42 Å². The fourth-order valence-corrected chi connectivity index (χ4v) is 3.26. The van der Waals surface area contributed by atoms with E-state index in [1.54, 1.807) is 0 Å². The molecule has 0 aliphatic carbocycles. The Labute approximate surface area is 153 Å². The van der Waals surface area contributed by atoms with Crippen molar-refractivity contribution in [3.8, 4) is 0 Å². The zero-order valence-corrected chi connectivity index (χ0v) is 15.9. The first kappa shape index (κ1) is 19.3. The van der Waals surface area contributed by atoms with Gasteiger partial charge in [-0.05, 0) is 44.0 Å². The first-order chi connectivity index (χ1) is 11.6. The highest BCUT2D eigenvalue weighted by molar-refractivity contribution is 7.92. The molecule has 0 heterocycles. The third-order valence-corrected chi connectivity index (χ3v) is 4.39. The molecule has 1 amide bonds. The molecule has 0 aliphatic heterocycles. The maximum Gasteiger partial charge on any atom is 0.253 e. The molecule has 0 spiro atoms. The van der Waals surface area contributed by atoms with Gasteiger partial charge in [0.15, 0.2) is 0 Å². The van der Waals surface area contributed by atoms with Crippen LogP contribution in [0.4, 0.5) is 5.69 Å². The number of rotatable bonds is 6. The van der Waals surface area contributed by atoms with Gasteiger partial charge in [0.2, 0.25) is 10.0 Å². The highest BCUT2D eigenvalue weighted by Crippen LogP contribution is 2.22. The molecule has 0 radical (unpaired) electrons. The Kier molecular flexibility index (Phi) is 5.75. The van der Waals surface area contributed by atoms with E-state index in [1.807, 2.05) is 44.2 Å². The number of sulfonamides is 1. The molecular formula is C18H21ClN2O3S. The van der Waals surface area contributed by atoms with Crippen molar-refractivity contribution in [2.24, 2.45) is 0 Å². The Balaban J connectivity index is 2.18. The minimum absolute atomic E-state index is 0.219. The number of hydrogen-bond acceptors (Lipinski definition) is 3. The van der Waals surface area contributed by atoms with Crippen LogP contribution in [0.3, 0.4) is 0 Å². The number of carbonyl (C=O) groups is 1. The van der Waals surface area contributed by atoms with E-state index < -0.39 is 15.6 Å². The van der Waals surface area contributed by atoms with E-state index in [2.05, 4.69) is 10.0 Å². The summed E-state index contributed by atoms with van der Waals surface area (Å²) in [7, 11) is -3.43. The summed E-state index contributed by atoms with van der Waals surface area (Å²) < 4.78 is 25.0. The van der Waals surface area contributed by atoms with Crippen LogP contribution in [0.1, 0.15) is 29.8 Å². The fourth-order valence-electron chi connectivity index (χ4n) is 2.50. The van der Waals surface area contributed by atoms with Crippen LogP contribution >= 0.6 is 11.6 Å². The fraction of sp³-hybridized carbons (Fsp3) is 0.278. The average Bonchev–Trinajstić information content (AvgIpc) is 2.47. The molecule has 0 atom stereocenters. The number of halogens is 1. The predicted octanol–water partition coefficient (Wildman–Crippen LogP) is 3.46. The lowest BCUT2D eigenvalue weighted by atomic mass is 9.94. The van der Waals surface area contributed by atoms with Gasteiger partial charge in [-0.2, -0.15) is 0 Å². The van der Waals surface area contributed by atoms with Crippen molar-refractivity contribution in [1.29, 1.82) is 0 Å².